The van der Waals surface area contributed by atoms with Crippen molar-refractivity contribution in [1.29, 1.82) is 0 Å². The van der Waals surface area contributed by atoms with Crippen LogP contribution in [-0.4, -0.2) is 25.2 Å². The molecule has 0 fully saturated rings. The standard InChI is InChI=1S/C21H40O4/c1-8-19(22)24-11-12-25-20(23)9-10-21(6,7)15-18(5)14-17(4)13-16(2)3/h16-18H,8-15H2,1-7H3. The minimum Gasteiger partial charge on any atom is -0.462 e. The van der Waals surface area contributed by atoms with E-state index < -0.39 is 0 Å². The Labute approximate surface area is 155 Å². The molecule has 4 heteroatoms. The molecule has 0 amide bonds. The van der Waals surface area contributed by atoms with Crippen LogP contribution in [0.4, 0.5) is 0 Å². The highest BCUT2D eigenvalue weighted by molar-refractivity contribution is 5.70. The third-order valence-electron chi connectivity index (χ3n) is 4.48. The average Bonchev–Trinajstić information content (AvgIpc) is 2.47. The van der Waals surface area contributed by atoms with Gasteiger partial charge >= 0.3 is 11.9 Å². The summed E-state index contributed by atoms with van der Waals surface area (Å²) in [5, 5.41) is 0. The van der Waals surface area contributed by atoms with Gasteiger partial charge in [0, 0.05) is 12.8 Å². The molecule has 0 saturated carbocycles. The Balaban J connectivity index is 4.01. The molecule has 148 valence electrons. The summed E-state index contributed by atoms with van der Waals surface area (Å²) in [5.41, 5.74) is 0.130. The third kappa shape index (κ3) is 13.9. The Bertz CT molecular complexity index is 387. The van der Waals surface area contributed by atoms with Crippen LogP contribution in [0, 0.1) is 23.2 Å². The molecule has 0 spiro atoms. The number of hydrogen-bond donors (Lipinski definition) is 0. The molecule has 25 heavy (non-hydrogen) atoms. The number of ether oxygens (including phenoxy) is 2. The molecule has 0 aromatic heterocycles. The first-order chi connectivity index (χ1) is 11.6. The van der Waals surface area contributed by atoms with E-state index in [1.165, 1.54) is 12.8 Å². The Morgan fingerprint density at radius 1 is 0.880 bits per heavy atom. The zero-order chi connectivity index (χ0) is 19.5. The highest BCUT2D eigenvalue weighted by Crippen LogP contribution is 2.34. The molecule has 0 aliphatic carbocycles. The van der Waals surface area contributed by atoms with Gasteiger partial charge in [-0.25, -0.2) is 0 Å². The number of carbonyl (C=O) groups excluding carboxylic acids is 2. The van der Waals surface area contributed by atoms with Gasteiger partial charge in [-0.3, -0.25) is 9.59 Å². The SMILES string of the molecule is CCC(=O)OCCOC(=O)CCC(C)(C)CC(C)CC(C)CC(C)C. The first-order valence-corrected chi connectivity index (χ1v) is 9.87. The fourth-order valence-corrected chi connectivity index (χ4v) is 3.64. The summed E-state index contributed by atoms with van der Waals surface area (Å²) in [6, 6.07) is 0. The van der Waals surface area contributed by atoms with Crippen LogP contribution in [0.25, 0.3) is 0 Å². The molecule has 2 atom stereocenters. The Kier molecular flexibility index (Phi) is 11.8. The zero-order valence-corrected chi connectivity index (χ0v) is 17.5. The van der Waals surface area contributed by atoms with Crippen molar-refractivity contribution in [3.05, 3.63) is 0 Å². The smallest absolute Gasteiger partial charge is 0.305 e. The fourth-order valence-electron chi connectivity index (χ4n) is 3.64. The van der Waals surface area contributed by atoms with Gasteiger partial charge in [0.2, 0.25) is 0 Å². The van der Waals surface area contributed by atoms with Gasteiger partial charge in [-0.15, -0.1) is 0 Å². The first kappa shape index (κ1) is 23.9. The quantitative estimate of drug-likeness (QED) is 0.328. The molecule has 0 aliphatic rings. The lowest BCUT2D eigenvalue weighted by molar-refractivity contribution is -0.152. The van der Waals surface area contributed by atoms with E-state index in [-0.39, 0.29) is 30.6 Å². The Morgan fingerprint density at radius 3 is 1.96 bits per heavy atom. The third-order valence-corrected chi connectivity index (χ3v) is 4.48. The van der Waals surface area contributed by atoms with Crippen molar-refractivity contribution in [3.8, 4) is 0 Å². The largest absolute Gasteiger partial charge is 0.462 e. The maximum Gasteiger partial charge on any atom is 0.305 e. The molecule has 0 heterocycles. The summed E-state index contributed by atoms with van der Waals surface area (Å²) in [4.78, 5) is 22.8. The normalized spacial score (nSPS) is 14.2. The Morgan fingerprint density at radius 2 is 1.44 bits per heavy atom. The van der Waals surface area contributed by atoms with Crippen LogP contribution in [0.1, 0.15) is 87.0 Å². The molecular formula is C21H40O4. The summed E-state index contributed by atoms with van der Waals surface area (Å²) in [7, 11) is 0. The highest BCUT2D eigenvalue weighted by Gasteiger charge is 2.23. The van der Waals surface area contributed by atoms with Crippen molar-refractivity contribution < 1.29 is 19.1 Å². The maximum absolute atomic E-state index is 11.8. The van der Waals surface area contributed by atoms with E-state index in [4.69, 9.17) is 9.47 Å². The van der Waals surface area contributed by atoms with Crippen LogP contribution in [0.15, 0.2) is 0 Å². The molecule has 0 aromatic carbocycles. The number of hydrogen-bond acceptors (Lipinski definition) is 4. The zero-order valence-electron chi connectivity index (χ0n) is 17.5. The second-order valence-corrected chi connectivity index (χ2v) is 8.74. The van der Waals surface area contributed by atoms with Gasteiger partial charge in [0.25, 0.3) is 0 Å². The molecule has 2 unspecified atom stereocenters. The van der Waals surface area contributed by atoms with Gasteiger partial charge in [-0.2, -0.15) is 0 Å². The maximum atomic E-state index is 11.8. The summed E-state index contributed by atoms with van der Waals surface area (Å²) >= 11 is 0. The van der Waals surface area contributed by atoms with Crippen molar-refractivity contribution in [1.82, 2.24) is 0 Å². The van der Waals surface area contributed by atoms with E-state index in [1.54, 1.807) is 6.92 Å². The van der Waals surface area contributed by atoms with Gasteiger partial charge in [-0.05, 0) is 48.9 Å². The van der Waals surface area contributed by atoms with Crippen molar-refractivity contribution in [2.24, 2.45) is 23.2 Å². The second-order valence-electron chi connectivity index (χ2n) is 8.74. The summed E-state index contributed by atoms with van der Waals surface area (Å²) in [5.74, 6) is 1.69. The molecule has 0 rings (SSSR count). The van der Waals surface area contributed by atoms with Crippen LogP contribution < -0.4 is 0 Å². The van der Waals surface area contributed by atoms with Crippen molar-refractivity contribution in [2.45, 2.75) is 87.0 Å². The van der Waals surface area contributed by atoms with Crippen LogP contribution in [0.5, 0.6) is 0 Å². The van der Waals surface area contributed by atoms with E-state index in [0.29, 0.717) is 18.8 Å². The monoisotopic (exact) mass is 356 g/mol. The molecule has 0 radical (unpaired) electrons. The summed E-state index contributed by atoms with van der Waals surface area (Å²) in [6.45, 7) is 15.7. The van der Waals surface area contributed by atoms with Gasteiger partial charge in [0.15, 0.2) is 0 Å². The minimum absolute atomic E-state index is 0.130. The van der Waals surface area contributed by atoms with Crippen LogP contribution in [-0.2, 0) is 19.1 Å². The van der Waals surface area contributed by atoms with Gasteiger partial charge < -0.3 is 9.47 Å². The topological polar surface area (TPSA) is 52.6 Å². The van der Waals surface area contributed by atoms with Gasteiger partial charge in [0.1, 0.15) is 13.2 Å². The Hall–Kier alpha value is -1.06. The van der Waals surface area contributed by atoms with Crippen LogP contribution in [0.3, 0.4) is 0 Å². The van der Waals surface area contributed by atoms with Gasteiger partial charge in [0.05, 0.1) is 0 Å². The van der Waals surface area contributed by atoms with E-state index in [1.807, 2.05) is 0 Å². The molecule has 0 aromatic rings. The van der Waals surface area contributed by atoms with Crippen molar-refractivity contribution in [3.63, 3.8) is 0 Å². The van der Waals surface area contributed by atoms with Crippen LogP contribution in [0.2, 0.25) is 0 Å². The number of rotatable bonds is 13. The summed E-state index contributed by atoms with van der Waals surface area (Å²) < 4.78 is 10.0. The molecular weight excluding hydrogens is 316 g/mol. The van der Waals surface area contributed by atoms with E-state index in [0.717, 1.165) is 24.7 Å². The lowest BCUT2D eigenvalue weighted by Crippen LogP contribution is -2.20. The average molecular weight is 357 g/mol. The fraction of sp³-hybridized carbons (Fsp3) is 0.905. The van der Waals surface area contributed by atoms with Gasteiger partial charge in [-0.1, -0.05) is 48.5 Å². The molecule has 0 bridgehead atoms. The number of esters is 2. The number of carbonyl (C=O) groups is 2. The lowest BCUT2D eigenvalue weighted by atomic mass is 9.77. The molecule has 0 aliphatic heterocycles. The first-order valence-electron chi connectivity index (χ1n) is 9.87. The van der Waals surface area contributed by atoms with E-state index >= 15 is 0 Å². The van der Waals surface area contributed by atoms with Crippen molar-refractivity contribution in [2.75, 3.05) is 13.2 Å². The lowest BCUT2D eigenvalue weighted by Gasteiger charge is -2.29. The van der Waals surface area contributed by atoms with E-state index in [9.17, 15) is 9.59 Å². The predicted octanol–water partition coefficient (Wildman–Crippen LogP) is 5.39. The highest BCUT2D eigenvalue weighted by atomic mass is 16.6. The minimum atomic E-state index is -0.266. The summed E-state index contributed by atoms with van der Waals surface area (Å²) in [6.07, 6.45) is 5.23. The molecule has 0 saturated heterocycles. The van der Waals surface area contributed by atoms with E-state index in [2.05, 4.69) is 41.5 Å². The predicted molar refractivity (Wildman–Crippen MR) is 102 cm³/mol. The molecule has 4 nitrogen and oxygen atoms in total. The van der Waals surface area contributed by atoms with Crippen molar-refractivity contribution >= 4 is 11.9 Å². The second kappa shape index (κ2) is 12.3. The molecule has 0 N–H and O–H groups in total. The van der Waals surface area contributed by atoms with Crippen LogP contribution >= 0.6 is 0 Å².